The molecule has 0 saturated carbocycles. The van der Waals surface area contributed by atoms with Gasteiger partial charge in [-0.2, -0.15) is 4.98 Å². The van der Waals surface area contributed by atoms with E-state index in [4.69, 9.17) is 9.26 Å². The SMILES string of the molecule is C=C(C)CN(CC)C(=O)c1ccccc1OCc1noc(C)n1. The first-order valence-electron chi connectivity index (χ1n) is 7.46. The second kappa shape index (κ2) is 7.58. The van der Waals surface area contributed by atoms with Gasteiger partial charge in [0, 0.05) is 20.0 Å². The van der Waals surface area contributed by atoms with Gasteiger partial charge in [0.1, 0.15) is 5.75 Å². The Bertz CT molecular complexity index is 694. The average molecular weight is 315 g/mol. The Labute approximate surface area is 135 Å². The topological polar surface area (TPSA) is 68.5 Å². The molecule has 0 spiro atoms. The van der Waals surface area contributed by atoms with Crippen molar-refractivity contribution in [2.24, 2.45) is 0 Å². The summed E-state index contributed by atoms with van der Waals surface area (Å²) in [6.07, 6.45) is 0. The van der Waals surface area contributed by atoms with Crippen LogP contribution >= 0.6 is 0 Å². The summed E-state index contributed by atoms with van der Waals surface area (Å²) in [5.74, 6) is 1.33. The number of hydrogen-bond donors (Lipinski definition) is 0. The Hall–Kier alpha value is -2.63. The number of aryl methyl sites for hydroxylation is 1. The number of carbonyl (C=O) groups excluding carboxylic acids is 1. The van der Waals surface area contributed by atoms with Crippen LogP contribution in [0.4, 0.5) is 0 Å². The zero-order valence-corrected chi connectivity index (χ0v) is 13.7. The fourth-order valence-electron chi connectivity index (χ4n) is 2.13. The van der Waals surface area contributed by atoms with Crippen molar-refractivity contribution >= 4 is 5.91 Å². The highest BCUT2D eigenvalue weighted by Crippen LogP contribution is 2.21. The number of para-hydroxylation sites is 1. The highest BCUT2D eigenvalue weighted by atomic mass is 16.5. The molecule has 1 aromatic carbocycles. The predicted octanol–water partition coefficient (Wildman–Crippen LogP) is 3.00. The summed E-state index contributed by atoms with van der Waals surface area (Å²) in [4.78, 5) is 18.5. The monoisotopic (exact) mass is 315 g/mol. The highest BCUT2D eigenvalue weighted by Gasteiger charge is 2.18. The van der Waals surface area contributed by atoms with E-state index in [2.05, 4.69) is 16.7 Å². The average Bonchev–Trinajstić information content (AvgIpc) is 2.95. The van der Waals surface area contributed by atoms with E-state index < -0.39 is 0 Å². The Kier molecular flexibility index (Phi) is 5.51. The lowest BCUT2D eigenvalue weighted by Crippen LogP contribution is -2.32. The number of hydrogen-bond acceptors (Lipinski definition) is 5. The smallest absolute Gasteiger partial charge is 0.257 e. The third-order valence-electron chi connectivity index (χ3n) is 3.17. The molecule has 0 saturated heterocycles. The third-order valence-corrected chi connectivity index (χ3v) is 3.17. The summed E-state index contributed by atoms with van der Waals surface area (Å²) in [7, 11) is 0. The molecule has 2 rings (SSSR count). The Balaban J connectivity index is 2.15. The number of benzene rings is 1. The highest BCUT2D eigenvalue weighted by molar-refractivity contribution is 5.97. The number of ether oxygens (including phenoxy) is 1. The van der Waals surface area contributed by atoms with Crippen LogP contribution in [0.15, 0.2) is 40.9 Å². The molecule has 0 bridgehead atoms. The molecule has 0 radical (unpaired) electrons. The lowest BCUT2D eigenvalue weighted by atomic mass is 10.1. The van der Waals surface area contributed by atoms with Gasteiger partial charge < -0.3 is 14.2 Å². The van der Waals surface area contributed by atoms with E-state index in [0.29, 0.717) is 36.1 Å². The number of aromatic nitrogens is 2. The lowest BCUT2D eigenvalue weighted by Gasteiger charge is -2.22. The zero-order valence-electron chi connectivity index (χ0n) is 13.7. The summed E-state index contributed by atoms with van der Waals surface area (Å²) in [5, 5.41) is 3.78. The molecular formula is C17H21N3O3. The van der Waals surface area contributed by atoms with Crippen LogP contribution in [0.25, 0.3) is 0 Å². The molecule has 0 aliphatic carbocycles. The van der Waals surface area contributed by atoms with Gasteiger partial charge in [0.2, 0.25) is 11.7 Å². The van der Waals surface area contributed by atoms with Crippen molar-refractivity contribution < 1.29 is 14.1 Å². The second-order valence-corrected chi connectivity index (χ2v) is 5.29. The largest absolute Gasteiger partial charge is 0.485 e. The molecule has 0 fully saturated rings. The van der Waals surface area contributed by atoms with E-state index in [9.17, 15) is 4.79 Å². The van der Waals surface area contributed by atoms with Crippen molar-refractivity contribution in [2.75, 3.05) is 13.1 Å². The molecule has 1 amide bonds. The van der Waals surface area contributed by atoms with Crippen LogP contribution in [0.2, 0.25) is 0 Å². The van der Waals surface area contributed by atoms with Crippen LogP contribution < -0.4 is 4.74 Å². The van der Waals surface area contributed by atoms with Crippen LogP contribution in [-0.2, 0) is 6.61 Å². The first-order chi connectivity index (χ1) is 11.0. The molecule has 0 aliphatic rings. The van der Waals surface area contributed by atoms with Gasteiger partial charge in [0.15, 0.2) is 6.61 Å². The lowest BCUT2D eigenvalue weighted by molar-refractivity contribution is 0.0773. The van der Waals surface area contributed by atoms with Gasteiger partial charge in [-0.05, 0) is 26.0 Å². The molecule has 1 heterocycles. The van der Waals surface area contributed by atoms with Gasteiger partial charge in [-0.15, -0.1) is 0 Å². The van der Waals surface area contributed by atoms with E-state index in [1.807, 2.05) is 26.0 Å². The maximum absolute atomic E-state index is 12.7. The van der Waals surface area contributed by atoms with E-state index >= 15 is 0 Å². The number of carbonyl (C=O) groups is 1. The number of likely N-dealkylation sites (N-methyl/N-ethyl adjacent to an activating group) is 1. The van der Waals surface area contributed by atoms with Crippen LogP contribution in [0.3, 0.4) is 0 Å². The molecule has 6 nitrogen and oxygen atoms in total. The van der Waals surface area contributed by atoms with Crippen LogP contribution in [0, 0.1) is 6.92 Å². The summed E-state index contributed by atoms with van der Waals surface area (Å²) in [6, 6.07) is 7.14. The molecule has 1 aromatic heterocycles. The molecular weight excluding hydrogens is 294 g/mol. The summed E-state index contributed by atoms with van der Waals surface area (Å²) in [6.45, 7) is 10.7. The second-order valence-electron chi connectivity index (χ2n) is 5.29. The van der Waals surface area contributed by atoms with E-state index in [1.54, 1.807) is 24.0 Å². The summed E-state index contributed by atoms with van der Waals surface area (Å²) in [5.41, 5.74) is 1.44. The van der Waals surface area contributed by atoms with Crippen molar-refractivity contribution in [2.45, 2.75) is 27.4 Å². The van der Waals surface area contributed by atoms with Crippen LogP contribution in [0.1, 0.15) is 35.9 Å². The normalized spacial score (nSPS) is 10.4. The molecule has 0 atom stereocenters. The molecule has 0 N–H and O–H groups in total. The van der Waals surface area contributed by atoms with Gasteiger partial charge in [-0.25, -0.2) is 0 Å². The molecule has 0 unspecified atom stereocenters. The van der Waals surface area contributed by atoms with Crippen molar-refractivity contribution in [3.05, 3.63) is 53.7 Å². The molecule has 122 valence electrons. The van der Waals surface area contributed by atoms with Crippen molar-refractivity contribution in [1.82, 2.24) is 15.0 Å². The Morgan fingerprint density at radius 1 is 1.39 bits per heavy atom. The van der Waals surface area contributed by atoms with Crippen molar-refractivity contribution in [3.8, 4) is 5.75 Å². The van der Waals surface area contributed by atoms with Gasteiger partial charge in [-0.1, -0.05) is 29.4 Å². The predicted molar refractivity (Wildman–Crippen MR) is 86.2 cm³/mol. The molecule has 6 heteroatoms. The minimum atomic E-state index is -0.0876. The summed E-state index contributed by atoms with van der Waals surface area (Å²) >= 11 is 0. The van der Waals surface area contributed by atoms with E-state index in [0.717, 1.165) is 5.57 Å². The Morgan fingerprint density at radius 2 is 2.13 bits per heavy atom. The Morgan fingerprint density at radius 3 is 2.74 bits per heavy atom. The third kappa shape index (κ3) is 4.42. The number of amides is 1. The first kappa shape index (κ1) is 16.7. The number of rotatable bonds is 7. The van der Waals surface area contributed by atoms with Crippen molar-refractivity contribution in [1.29, 1.82) is 0 Å². The van der Waals surface area contributed by atoms with Gasteiger partial charge in [0.05, 0.1) is 5.56 Å². The minimum Gasteiger partial charge on any atom is -0.485 e. The van der Waals surface area contributed by atoms with Crippen LogP contribution in [0.5, 0.6) is 5.75 Å². The fraction of sp³-hybridized carbons (Fsp3) is 0.353. The minimum absolute atomic E-state index is 0.0876. The maximum Gasteiger partial charge on any atom is 0.257 e. The first-order valence-corrected chi connectivity index (χ1v) is 7.46. The molecule has 0 aliphatic heterocycles. The quantitative estimate of drug-likeness (QED) is 0.735. The van der Waals surface area contributed by atoms with Gasteiger partial charge in [0.25, 0.3) is 5.91 Å². The molecule has 2 aromatic rings. The zero-order chi connectivity index (χ0) is 16.8. The van der Waals surface area contributed by atoms with Gasteiger partial charge >= 0.3 is 0 Å². The van der Waals surface area contributed by atoms with Gasteiger partial charge in [-0.3, -0.25) is 4.79 Å². The maximum atomic E-state index is 12.7. The summed E-state index contributed by atoms with van der Waals surface area (Å²) < 4.78 is 10.6. The van der Waals surface area contributed by atoms with Crippen molar-refractivity contribution in [3.63, 3.8) is 0 Å². The molecule has 23 heavy (non-hydrogen) atoms. The standard InChI is InChI=1S/C17H21N3O3/c1-5-20(10-12(2)3)17(21)14-8-6-7-9-15(14)22-11-16-18-13(4)23-19-16/h6-9H,2,5,10-11H2,1,3-4H3. The van der Waals surface area contributed by atoms with Crippen LogP contribution in [-0.4, -0.2) is 34.0 Å². The number of nitrogens with zero attached hydrogens (tertiary/aromatic N) is 3. The van der Waals surface area contributed by atoms with E-state index in [1.165, 1.54) is 0 Å². The van der Waals surface area contributed by atoms with E-state index in [-0.39, 0.29) is 12.5 Å². The fourth-order valence-corrected chi connectivity index (χ4v) is 2.13.